The van der Waals surface area contributed by atoms with Gasteiger partial charge in [0.15, 0.2) is 10.9 Å². The summed E-state index contributed by atoms with van der Waals surface area (Å²) in [4.78, 5) is 38.8. The zero-order valence-corrected chi connectivity index (χ0v) is 18.6. The minimum atomic E-state index is -0.461. The van der Waals surface area contributed by atoms with Gasteiger partial charge in [-0.1, -0.05) is 52.0 Å². The highest BCUT2D eigenvalue weighted by Crippen LogP contribution is 2.27. The van der Waals surface area contributed by atoms with Gasteiger partial charge in [0, 0.05) is 22.6 Å². The Bertz CT molecular complexity index is 1170. The molecule has 1 heterocycles. The fraction of sp³-hybridized carbons (Fsp3) is 0.150. The van der Waals surface area contributed by atoms with Crippen LogP contribution in [0.25, 0.3) is 11.3 Å². The van der Waals surface area contributed by atoms with Crippen LogP contribution in [0.15, 0.2) is 56.9 Å². The van der Waals surface area contributed by atoms with Crippen LogP contribution in [0, 0.1) is 6.92 Å². The maximum Gasteiger partial charge on any atom is 0.278 e. The highest BCUT2D eigenvalue weighted by molar-refractivity contribution is 9.10. The molecule has 0 aliphatic heterocycles. The van der Waals surface area contributed by atoms with Crippen LogP contribution in [0.3, 0.4) is 0 Å². The largest absolute Gasteiger partial charge is 0.325 e. The highest BCUT2D eigenvalue weighted by atomic mass is 79.9. The summed E-state index contributed by atoms with van der Waals surface area (Å²) in [6.07, 6.45) is 0. The molecule has 0 fully saturated rings. The van der Waals surface area contributed by atoms with Gasteiger partial charge in [0.2, 0.25) is 11.8 Å². The molecule has 0 saturated heterocycles. The molecule has 2 amide bonds. The van der Waals surface area contributed by atoms with Crippen LogP contribution in [-0.4, -0.2) is 32.7 Å². The van der Waals surface area contributed by atoms with Gasteiger partial charge in [-0.25, -0.2) is 0 Å². The molecule has 30 heavy (non-hydrogen) atoms. The number of H-pyrrole nitrogens is 1. The molecule has 0 bridgehead atoms. The summed E-state index contributed by atoms with van der Waals surface area (Å²) >= 11 is 4.41. The lowest BCUT2D eigenvalue weighted by molar-refractivity contribution is -0.114. The molecule has 0 saturated carbocycles. The molecule has 3 rings (SSSR count). The number of hydrogen-bond acceptors (Lipinski definition) is 6. The Hall–Kier alpha value is -2.98. The fourth-order valence-electron chi connectivity index (χ4n) is 2.67. The number of hydrogen-bond donors (Lipinski definition) is 3. The second kappa shape index (κ2) is 9.68. The quantitative estimate of drug-likeness (QED) is 0.457. The van der Waals surface area contributed by atoms with Gasteiger partial charge in [0.25, 0.3) is 5.56 Å². The number of para-hydroxylation sites is 1. The first-order chi connectivity index (χ1) is 14.3. The van der Waals surface area contributed by atoms with Crippen molar-refractivity contribution < 1.29 is 9.59 Å². The number of carbonyl (C=O) groups is 2. The van der Waals surface area contributed by atoms with Crippen LogP contribution in [0.4, 0.5) is 11.4 Å². The van der Waals surface area contributed by atoms with Crippen molar-refractivity contribution in [2.24, 2.45) is 0 Å². The van der Waals surface area contributed by atoms with E-state index < -0.39 is 5.56 Å². The summed E-state index contributed by atoms with van der Waals surface area (Å²) in [6, 6.07) is 12.5. The van der Waals surface area contributed by atoms with Crippen molar-refractivity contribution in [1.82, 2.24) is 15.2 Å². The van der Waals surface area contributed by atoms with Gasteiger partial charge in [-0.2, -0.15) is 0 Å². The van der Waals surface area contributed by atoms with Crippen molar-refractivity contribution in [2.45, 2.75) is 19.0 Å². The van der Waals surface area contributed by atoms with Gasteiger partial charge in [-0.3, -0.25) is 19.4 Å². The van der Waals surface area contributed by atoms with Crippen molar-refractivity contribution in [3.8, 4) is 11.3 Å². The molecule has 1 aromatic heterocycles. The van der Waals surface area contributed by atoms with E-state index in [0.717, 1.165) is 21.8 Å². The van der Waals surface area contributed by atoms with E-state index in [1.807, 2.05) is 25.1 Å². The van der Waals surface area contributed by atoms with Gasteiger partial charge >= 0.3 is 0 Å². The number of benzene rings is 2. The Morgan fingerprint density at radius 1 is 1.13 bits per heavy atom. The van der Waals surface area contributed by atoms with Crippen molar-refractivity contribution in [2.75, 3.05) is 16.4 Å². The summed E-state index contributed by atoms with van der Waals surface area (Å²) in [6.45, 7) is 3.22. The minimum Gasteiger partial charge on any atom is -0.325 e. The number of aromatic nitrogens is 3. The maximum absolute atomic E-state index is 12.6. The summed E-state index contributed by atoms with van der Waals surface area (Å²) < 4.78 is 0.855. The Balaban J connectivity index is 1.73. The third-order valence-corrected chi connectivity index (χ3v) is 5.31. The van der Waals surface area contributed by atoms with Crippen molar-refractivity contribution in [1.29, 1.82) is 0 Å². The molecule has 8 nitrogen and oxygen atoms in total. The van der Waals surface area contributed by atoms with Crippen molar-refractivity contribution in [3.63, 3.8) is 0 Å². The Morgan fingerprint density at radius 2 is 1.90 bits per heavy atom. The second-order valence-electron chi connectivity index (χ2n) is 6.33. The topological polar surface area (TPSA) is 117 Å². The smallest absolute Gasteiger partial charge is 0.278 e. The number of nitrogens with one attached hydrogen (secondary N) is 3. The van der Waals surface area contributed by atoms with E-state index in [4.69, 9.17) is 0 Å². The number of thioether (sulfide) groups is 1. The third-order valence-electron chi connectivity index (χ3n) is 3.95. The summed E-state index contributed by atoms with van der Waals surface area (Å²) in [5.74, 6) is -0.437. The number of aryl methyl sites for hydroxylation is 1. The number of anilines is 2. The van der Waals surface area contributed by atoms with Crippen LogP contribution in [0.2, 0.25) is 0 Å². The molecule has 0 unspecified atom stereocenters. The molecule has 0 atom stereocenters. The van der Waals surface area contributed by atoms with E-state index in [-0.39, 0.29) is 28.4 Å². The normalized spacial score (nSPS) is 10.5. The van der Waals surface area contributed by atoms with Crippen LogP contribution < -0.4 is 16.2 Å². The van der Waals surface area contributed by atoms with Gasteiger partial charge in [0.05, 0.1) is 11.4 Å². The average Bonchev–Trinajstić information content (AvgIpc) is 2.68. The molecule has 2 aromatic carbocycles. The number of carbonyl (C=O) groups excluding carboxylic acids is 2. The zero-order chi connectivity index (χ0) is 21.7. The molecule has 0 spiro atoms. The van der Waals surface area contributed by atoms with Crippen LogP contribution in [0.1, 0.15) is 12.5 Å². The molecular weight excluding hydrogens is 470 g/mol. The van der Waals surface area contributed by atoms with Crippen LogP contribution in [-0.2, 0) is 9.59 Å². The number of nitrogens with zero attached hydrogens (tertiary/aromatic N) is 2. The maximum atomic E-state index is 12.6. The summed E-state index contributed by atoms with van der Waals surface area (Å²) in [5.41, 5.74) is 2.07. The van der Waals surface area contributed by atoms with Gasteiger partial charge in [-0.15, -0.1) is 10.2 Å². The van der Waals surface area contributed by atoms with Crippen LogP contribution in [0.5, 0.6) is 0 Å². The van der Waals surface area contributed by atoms with Crippen LogP contribution >= 0.6 is 27.7 Å². The lowest BCUT2D eigenvalue weighted by Gasteiger charge is -2.11. The summed E-state index contributed by atoms with van der Waals surface area (Å²) in [7, 11) is 0. The summed E-state index contributed by atoms with van der Waals surface area (Å²) in [5, 5.41) is 13.8. The standard InChI is InChI=1S/C20H18BrN5O3S/c1-11-5-3-8-15(17(11)22-12(2)27)18-19(29)24-20(26-25-18)30-10-16(28)23-14-7-4-6-13(21)9-14/h3-9H,10H2,1-2H3,(H,22,27)(H,23,28)(H,24,26,29). The second-order valence-corrected chi connectivity index (χ2v) is 8.21. The Morgan fingerprint density at radius 3 is 2.60 bits per heavy atom. The molecule has 3 N–H and O–H groups in total. The number of amides is 2. The third kappa shape index (κ3) is 5.55. The SMILES string of the molecule is CC(=O)Nc1c(C)cccc1-c1nnc(SCC(=O)Nc2cccc(Br)c2)[nH]c1=O. The van der Waals surface area contributed by atoms with E-state index in [0.29, 0.717) is 16.9 Å². The van der Waals surface area contributed by atoms with E-state index in [9.17, 15) is 14.4 Å². The van der Waals surface area contributed by atoms with E-state index in [1.54, 1.807) is 24.3 Å². The predicted octanol–water partition coefficient (Wildman–Crippen LogP) is 3.59. The molecular formula is C20H18BrN5O3S. The first-order valence-corrected chi connectivity index (χ1v) is 10.6. The van der Waals surface area contributed by atoms with Gasteiger partial charge in [-0.05, 0) is 30.7 Å². The minimum absolute atomic E-state index is 0.0536. The Labute approximate surface area is 185 Å². The lowest BCUT2D eigenvalue weighted by atomic mass is 10.1. The van der Waals surface area contributed by atoms with E-state index >= 15 is 0 Å². The average molecular weight is 488 g/mol. The first-order valence-electron chi connectivity index (χ1n) is 8.86. The molecule has 0 aliphatic rings. The zero-order valence-electron chi connectivity index (χ0n) is 16.2. The lowest BCUT2D eigenvalue weighted by Crippen LogP contribution is -2.18. The number of halogens is 1. The molecule has 10 heteroatoms. The molecule has 154 valence electrons. The predicted molar refractivity (Wildman–Crippen MR) is 121 cm³/mol. The van der Waals surface area contributed by atoms with Gasteiger partial charge < -0.3 is 10.6 Å². The van der Waals surface area contributed by atoms with Crippen molar-refractivity contribution in [3.05, 3.63) is 62.9 Å². The molecule has 3 aromatic rings. The molecule has 0 aliphatic carbocycles. The van der Waals surface area contributed by atoms with Gasteiger partial charge in [0.1, 0.15) is 0 Å². The fourth-order valence-corrected chi connectivity index (χ4v) is 3.67. The van der Waals surface area contributed by atoms with Crippen molar-refractivity contribution >= 4 is 50.9 Å². The van der Waals surface area contributed by atoms with E-state index in [2.05, 4.69) is 41.7 Å². The number of rotatable bonds is 6. The molecule has 0 radical (unpaired) electrons. The highest BCUT2D eigenvalue weighted by Gasteiger charge is 2.15. The Kier molecular flexibility index (Phi) is 7.01. The van der Waals surface area contributed by atoms with E-state index in [1.165, 1.54) is 6.92 Å². The first kappa shape index (κ1) is 21.7. The number of aromatic amines is 1. The monoisotopic (exact) mass is 487 g/mol.